The van der Waals surface area contributed by atoms with Gasteiger partial charge in [0.05, 0.1) is 0 Å². The Balaban J connectivity index is 2.41. The van der Waals surface area contributed by atoms with Gasteiger partial charge < -0.3 is 0 Å². The molecule has 0 aliphatic rings. The van der Waals surface area contributed by atoms with Crippen LogP contribution in [0.15, 0.2) is 36.4 Å². The molecule has 0 aromatic heterocycles. The number of halogens is 5. The molecule has 0 radical (unpaired) electrons. The first kappa shape index (κ1) is 15.5. The summed E-state index contributed by atoms with van der Waals surface area (Å²) in [6.45, 7) is 2.86. The van der Waals surface area contributed by atoms with E-state index in [0.717, 1.165) is 24.3 Å². The Kier molecular flexibility index (Phi) is 4.03. The van der Waals surface area contributed by atoms with Gasteiger partial charge in [-0.25, -0.2) is 13.2 Å². The van der Waals surface area contributed by atoms with E-state index in [1.54, 1.807) is 0 Å². The van der Waals surface area contributed by atoms with Crippen LogP contribution in [0.2, 0.25) is 0 Å². The van der Waals surface area contributed by atoms with Gasteiger partial charge in [-0.3, -0.25) is 0 Å². The summed E-state index contributed by atoms with van der Waals surface area (Å²) in [6, 6.07) is 5.78. The summed E-state index contributed by atoms with van der Waals surface area (Å²) in [5, 5.41) is 0. The van der Waals surface area contributed by atoms with Crippen LogP contribution in [0.1, 0.15) is 28.4 Å². The molecule has 5 heteroatoms. The molecule has 2 rings (SSSR count). The number of alkyl halides is 3. The van der Waals surface area contributed by atoms with E-state index < -0.39 is 34.9 Å². The number of rotatable bonds is 3. The van der Waals surface area contributed by atoms with Gasteiger partial charge in [0.1, 0.15) is 11.6 Å². The van der Waals surface area contributed by atoms with Crippen molar-refractivity contribution in [3.05, 3.63) is 70.3 Å². The third-order valence-corrected chi connectivity index (χ3v) is 3.36. The highest BCUT2D eigenvalue weighted by Gasteiger charge is 2.43. The number of hydrogen-bond acceptors (Lipinski definition) is 0. The minimum Gasteiger partial charge on any atom is -0.235 e. The van der Waals surface area contributed by atoms with Crippen molar-refractivity contribution in [1.29, 1.82) is 0 Å². The van der Waals surface area contributed by atoms with Gasteiger partial charge in [0, 0.05) is 5.56 Å². The lowest BCUT2D eigenvalue weighted by atomic mass is 9.96. The molecule has 0 aliphatic heterocycles. The van der Waals surface area contributed by atoms with E-state index in [1.807, 2.05) is 0 Å². The molecule has 0 saturated heterocycles. The molecule has 112 valence electrons. The quantitative estimate of drug-likeness (QED) is 0.667. The van der Waals surface area contributed by atoms with Crippen molar-refractivity contribution >= 4 is 0 Å². The van der Waals surface area contributed by atoms with Crippen molar-refractivity contribution < 1.29 is 22.0 Å². The third kappa shape index (κ3) is 2.91. The van der Waals surface area contributed by atoms with Crippen LogP contribution in [0.3, 0.4) is 0 Å². The van der Waals surface area contributed by atoms with Crippen LogP contribution in [0.5, 0.6) is 0 Å². The predicted octanol–water partition coefficient (Wildman–Crippen LogP) is 5.38. The minimum atomic E-state index is -3.95. The first-order valence-corrected chi connectivity index (χ1v) is 6.28. The Hall–Kier alpha value is -1.91. The zero-order chi connectivity index (χ0) is 15.8. The molecule has 0 N–H and O–H groups in total. The fourth-order valence-electron chi connectivity index (χ4n) is 1.92. The van der Waals surface area contributed by atoms with E-state index in [4.69, 9.17) is 0 Å². The van der Waals surface area contributed by atoms with Gasteiger partial charge in [-0.1, -0.05) is 24.3 Å². The summed E-state index contributed by atoms with van der Waals surface area (Å²) < 4.78 is 69.1. The van der Waals surface area contributed by atoms with Crippen molar-refractivity contribution in [1.82, 2.24) is 0 Å². The van der Waals surface area contributed by atoms with Crippen molar-refractivity contribution in [2.24, 2.45) is 0 Å². The summed E-state index contributed by atoms with van der Waals surface area (Å²) in [4.78, 5) is 0. The molecule has 21 heavy (non-hydrogen) atoms. The van der Waals surface area contributed by atoms with Crippen molar-refractivity contribution in [2.75, 3.05) is 0 Å². The van der Waals surface area contributed by atoms with Crippen LogP contribution >= 0.6 is 0 Å². The maximum absolute atomic E-state index is 14.1. The molecule has 0 saturated carbocycles. The van der Waals surface area contributed by atoms with Gasteiger partial charge in [0.2, 0.25) is 0 Å². The lowest BCUT2D eigenvalue weighted by molar-refractivity contribution is -0.0812. The highest BCUT2D eigenvalue weighted by atomic mass is 19.3. The molecule has 0 spiro atoms. The summed E-state index contributed by atoms with van der Waals surface area (Å²) in [6.07, 6.45) is -2.75. The Morgan fingerprint density at radius 3 is 1.90 bits per heavy atom. The van der Waals surface area contributed by atoms with Crippen LogP contribution in [-0.4, -0.2) is 0 Å². The Morgan fingerprint density at radius 1 is 0.857 bits per heavy atom. The topological polar surface area (TPSA) is 0 Å². The Bertz CT molecular complexity index is 664. The Morgan fingerprint density at radius 2 is 1.38 bits per heavy atom. The lowest BCUT2D eigenvalue weighted by Crippen LogP contribution is -2.21. The second kappa shape index (κ2) is 5.47. The first-order chi connectivity index (χ1) is 9.73. The van der Waals surface area contributed by atoms with Gasteiger partial charge in [0.25, 0.3) is 0 Å². The SMILES string of the molecule is Cc1ccc(C(F)C(F)(F)c2ccc(C)c(F)c2)cc1F. The summed E-state index contributed by atoms with van der Waals surface area (Å²) >= 11 is 0. The van der Waals surface area contributed by atoms with Crippen LogP contribution in [0.25, 0.3) is 0 Å². The predicted molar refractivity (Wildman–Crippen MR) is 70.0 cm³/mol. The minimum absolute atomic E-state index is 0.186. The van der Waals surface area contributed by atoms with E-state index in [9.17, 15) is 22.0 Å². The Labute approximate surface area is 119 Å². The highest BCUT2D eigenvalue weighted by Crippen LogP contribution is 2.43. The first-order valence-electron chi connectivity index (χ1n) is 6.28. The smallest absolute Gasteiger partial charge is 0.235 e. The van der Waals surface area contributed by atoms with Gasteiger partial charge in [0.15, 0.2) is 6.17 Å². The lowest BCUT2D eigenvalue weighted by Gasteiger charge is -2.22. The number of hydrogen-bond donors (Lipinski definition) is 0. The van der Waals surface area contributed by atoms with E-state index in [1.165, 1.54) is 19.9 Å². The molecule has 0 aliphatic carbocycles. The average molecular weight is 300 g/mol. The standard InChI is InChI=1S/C16H13F5/c1-9-3-5-11(7-13(9)17)15(19)16(20,21)12-6-4-10(2)14(18)8-12/h3-8,15H,1-2H3. The maximum Gasteiger partial charge on any atom is 0.308 e. The van der Waals surface area contributed by atoms with E-state index in [-0.39, 0.29) is 11.1 Å². The van der Waals surface area contributed by atoms with Gasteiger partial charge >= 0.3 is 5.92 Å². The van der Waals surface area contributed by atoms with Gasteiger partial charge in [-0.15, -0.1) is 0 Å². The molecule has 2 aromatic carbocycles. The van der Waals surface area contributed by atoms with Gasteiger partial charge in [-0.2, -0.15) is 8.78 Å². The number of aryl methyl sites for hydroxylation is 2. The van der Waals surface area contributed by atoms with Crippen LogP contribution < -0.4 is 0 Å². The molecule has 2 aromatic rings. The molecule has 0 bridgehead atoms. The van der Waals surface area contributed by atoms with Gasteiger partial charge in [-0.05, 0) is 42.7 Å². The monoisotopic (exact) mass is 300 g/mol. The van der Waals surface area contributed by atoms with E-state index in [2.05, 4.69) is 0 Å². The fraction of sp³-hybridized carbons (Fsp3) is 0.250. The zero-order valence-corrected chi connectivity index (χ0v) is 11.4. The second-order valence-corrected chi connectivity index (χ2v) is 4.96. The van der Waals surface area contributed by atoms with Crippen LogP contribution in [0, 0.1) is 25.5 Å². The molecule has 1 atom stereocenters. The van der Waals surface area contributed by atoms with Crippen molar-refractivity contribution in [2.45, 2.75) is 25.9 Å². The second-order valence-electron chi connectivity index (χ2n) is 4.96. The van der Waals surface area contributed by atoms with Crippen molar-refractivity contribution in [3.8, 4) is 0 Å². The van der Waals surface area contributed by atoms with E-state index in [0.29, 0.717) is 6.07 Å². The molecule has 0 amide bonds. The zero-order valence-electron chi connectivity index (χ0n) is 11.4. The normalized spacial score (nSPS) is 13.3. The van der Waals surface area contributed by atoms with Crippen molar-refractivity contribution in [3.63, 3.8) is 0 Å². The average Bonchev–Trinajstić information content (AvgIpc) is 2.44. The van der Waals surface area contributed by atoms with Crippen LogP contribution in [0.4, 0.5) is 22.0 Å². The maximum atomic E-state index is 14.1. The molecule has 0 heterocycles. The third-order valence-electron chi connectivity index (χ3n) is 3.36. The molecular weight excluding hydrogens is 287 g/mol. The number of benzene rings is 2. The summed E-state index contributed by atoms with van der Waals surface area (Å²) in [7, 11) is 0. The summed E-state index contributed by atoms with van der Waals surface area (Å²) in [5.41, 5.74) is -0.842. The molecule has 0 fully saturated rings. The highest BCUT2D eigenvalue weighted by molar-refractivity contribution is 5.32. The molecule has 1 unspecified atom stereocenters. The molecule has 0 nitrogen and oxygen atoms in total. The summed E-state index contributed by atoms with van der Waals surface area (Å²) in [5.74, 6) is -5.55. The van der Waals surface area contributed by atoms with E-state index >= 15 is 0 Å². The largest absolute Gasteiger partial charge is 0.308 e. The van der Waals surface area contributed by atoms with Crippen LogP contribution in [-0.2, 0) is 5.92 Å². The fourth-order valence-corrected chi connectivity index (χ4v) is 1.92. The molecular formula is C16H13F5.